The van der Waals surface area contributed by atoms with Crippen molar-refractivity contribution in [2.24, 2.45) is 0 Å². The van der Waals surface area contributed by atoms with Gasteiger partial charge in [0.2, 0.25) is 0 Å². The third-order valence-electron chi connectivity index (χ3n) is 8.24. The average Bonchev–Trinajstić information content (AvgIpc) is 3.50. The van der Waals surface area contributed by atoms with Crippen LogP contribution in [0, 0.1) is 0 Å². The Morgan fingerprint density at radius 1 is 0.585 bits per heavy atom. The van der Waals surface area contributed by atoms with Gasteiger partial charge in [-0.3, -0.25) is 0 Å². The third kappa shape index (κ3) is 8.51. The second-order valence-corrected chi connectivity index (χ2v) is 11.4. The van der Waals surface area contributed by atoms with Crippen LogP contribution in [-0.2, 0) is 43.5 Å². The van der Waals surface area contributed by atoms with Gasteiger partial charge in [-0.1, -0.05) is 99.1 Å². The zero-order valence-electron chi connectivity index (χ0n) is 28.7. The van der Waals surface area contributed by atoms with Crippen LogP contribution < -0.4 is 9.47 Å². The molecule has 4 aromatic rings. The smallest absolute Gasteiger partial charge is 0.335 e. The SMILES string of the molecule is C=CC(=O)OCC(=COc1ccc(C2(c3ccc(OCC(COC(=O)C=C)OC(=O)C=C)cc3)c3ccccc3-c3ccccc32)cc1)OC(=O)C=C. The summed E-state index contributed by atoms with van der Waals surface area (Å²) in [6.45, 7) is 12.9. The zero-order chi connectivity index (χ0) is 37.8. The fourth-order valence-corrected chi connectivity index (χ4v) is 5.95. The monoisotopic (exact) mass is 712 g/mol. The van der Waals surface area contributed by atoms with Crippen LogP contribution >= 0.6 is 0 Å². The van der Waals surface area contributed by atoms with Gasteiger partial charge in [0.25, 0.3) is 0 Å². The van der Waals surface area contributed by atoms with Crippen LogP contribution in [0.2, 0.25) is 0 Å². The number of carbonyl (C=O) groups excluding carboxylic acids is 4. The molecule has 5 rings (SSSR count). The Kier molecular flexibility index (Phi) is 12.2. The Bertz CT molecular complexity index is 2010. The van der Waals surface area contributed by atoms with Crippen molar-refractivity contribution < 1.29 is 47.6 Å². The van der Waals surface area contributed by atoms with Crippen LogP contribution in [0.3, 0.4) is 0 Å². The van der Waals surface area contributed by atoms with E-state index in [9.17, 15) is 19.2 Å². The predicted molar refractivity (Wildman–Crippen MR) is 197 cm³/mol. The van der Waals surface area contributed by atoms with Crippen LogP contribution in [0.4, 0.5) is 0 Å². The Morgan fingerprint density at radius 2 is 1.09 bits per heavy atom. The maximum atomic E-state index is 11.9. The minimum absolute atomic E-state index is 0.0467. The molecule has 0 aromatic heterocycles. The van der Waals surface area contributed by atoms with Gasteiger partial charge in [-0.15, -0.1) is 0 Å². The number of fused-ring (bicyclic) bond motifs is 3. The van der Waals surface area contributed by atoms with Gasteiger partial charge in [-0.05, 0) is 57.6 Å². The molecule has 0 radical (unpaired) electrons. The highest BCUT2D eigenvalue weighted by Gasteiger charge is 2.45. The standard InChI is InChI=1S/C43H36O10/c1-5-39(44)50-27-33(52-41(46)7-3)25-48-31-21-17-29(18-22-31)43(37-15-11-9-13-35(37)36-14-10-12-16-38(36)43)30-19-23-32(24-20-30)49-26-34(53-42(47)8-4)28-51-40(45)6-2/h5-25,34H,1-4,26-28H2. The fourth-order valence-electron chi connectivity index (χ4n) is 5.95. The second-order valence-electron chi connectivity index (χ2n) is 11.4. The molecule has 1 aliphatic carbocycles. The minimum atomic E-state index is -0.883. The lowest BCUT2D eigenvalue weighted by atomic mass is 9.68. The van der Waals surface area contributed by atoms with Crippen LogP contribution in [0.5, 0.6) is 11.5 Å². The van der Waals surface area contributed by atoms with Gasteiger partial charge < -0.3 is 28.4 Å². The van der Waals surface area contributed by atoms with Gasteiger partial charge in [0.05, 0.1) is 5.41 Å². The highest BCUT2D eigenvalue weighted by molar-refractivity contribution is 5.86. The van der Waals surface area contributed by atoms with Gasteiger partial charge in [0, 0.05) is 24.3 Å². The van der Waals surface area contributed by atoms with Crippen molar-refractivity contribution in [1.82, 2.24) is 0 Å². The van der Waals surface area contributed by atoms with Gasteiger partial charge in [-0.25, -0.2) is 19.2 Å². The quantitative estimate of drug-likeness (QED) is 0.0434. The van der Waals surface area contributed by atoms with E-state index in [4.69, 9.17) is 28.4 Å². The molecule has 0 saturated heterocycles. The number of hydrogen-bond donors (Lipinski definition) is 0. The van der Waals surface area contributed by atoms with E-state index in [1.807, 2.05) is 60.7 Å². The molecule has 0 N–H and O–H groups in total. The molecule has 10 nitrogen and oxygen atoms in total. The summed E-state index contributed by atoms with van der Waals surface area (Å²) in [4.78, 5) is 47.0. The number of ether oxygens (including phenoxy) is 6. The van der Waals surface area contributed by atoms with Gasteiger partial charge in [0.15, 0.2) is 18.5 Å². The second kappa shape index (κ2) is 17.3. The van der Waals surface area contributed by atoms with Crippen molar-refractivity contribution in [3.05, 3.63) is 182 Å². The van der Waals surface area contributed by atoms with Crippen molar-refractivity contribution in [3.63, 3.8) is 0 Å². The molecule has 1 aliphatic rings. The van der Waals surface area contributed by atoms with E-state index >= 15 is 0 Å². The summed E-state index contributed by atoms with van der Waals surface area (Å²) in [5, 5.41) is 0. The highest BCUT2D eigenvalue weighted by atomic mass is 16.6. The van der Waals surface area contributed by atoms with E-state index in [2.05, 4.69) is 50.6 Å². The molecule has 53 heavy (non-hydrogen) atoms. The molecule has 268 valence electrons. The Morgan fingerprint density at radius 3 is 1.64 bits per heavy atom. The largest absolute Gasteiger partial charge is 0.490 e. The summed E-state index contributed by atoms with van der Waals surface area (Å²) >= 11 is 0. The molecule has 1 unspecified atom stereocenters. The van der Waals surface area contributed by atoms with Crippen LogP contribution in [0.1, 0.15) is 22.3 Å². The molecule has 0 saturated carbocycles. The first kappa shape index (κ1) is 37.3. The number of benzene rings is 4. The maximum absolute atomic E-state index is 11.9. The first-order valence-corrected chi connectivity index (χ1v) is 16.4. The van der Waals surface area contributed by atoms with Crippen molar-refractivity contribution >= 4 is 23.9 Å². The summed E-state index contributed by atoms with van der Waals surface area (Å²) < 4.78 is 32.4. The highest BCUT2D eigenvalue weighted by Crippen LogP contribution is 2.56. The molecule has 0 aliphatic heterocycles. The maximum Gasteiger partial charge on any atom is 0.335 e. The van der Waals surface area contributed by atoms with Crippen molar-refractivity contribution in [2.45, 2.75) is 11.5 Å². The molecule has 0 bridgehead atoms. The fraction of sp³-hybridized carbons (Fsp3) is 0.116. The normalized spacial score (nSPS) is 12.8. The van der Waals surface area contributed by atoms with E-state index < -0.39 is 35.4 Å². The molecule has 1 atom stereocenters. The Hall–Kier alpha value is -6.94. The number of rotatable bonds is 17. The molecular weight excluding hydrogens is 676 g/mol. The average molecular weight is 713 g/mol. The minimum Gasteiger partial charge on any atom is -0.490 e. The van der Waals surface area contributed by atoms with Gasteiger partial charge in [-0.2, -0.15) is 0 Å². The van der Waals surface area contributed by atoms with Crippen LogP contribution in [0.25, 0.3) is 11.1 Å². The molecule has 10 heteroatoms. The third-order valence-corrected chi connectivity index (χ3v) is 8.24. The van der Waals surface area contributed by atoms with E-state index in [1.54, 1.807) is 12.1 Å². The first-order valence-electron chi connectivity index (χ1n) is 16.4. The lowest BCUT2D eigenvalue weighted by Crippen LogP contribution is -2.30. The molecule has 4 aromatic carbocycles. The lowest BCUT2D eigenvalue weighted by molar-refractivity contribution is -0.154. The topological polar surface area (TPSA) is 124 Å². The summed E-state index contributed by atoms with van der Waals surface area (Å²) in [6.07, 6.45) is 4.32. The van der Waals surface area contributed by atoms with E-state index in [0.29, 0.717) is 11.5 Å². The van der Waals surface area contributed by atoms with Crippen molar-refractivity contribution in [2.75, 3.05) is 19.8 Å². The summed E-state index contributed by atoms with van der Waals surface area (Å²) in [5.74, 6) is -1.89. The molecule has 0 fully saturated rings. The number of hydrogen-bond acceptors (Lipinski definition) is 10. The molecule has 0 heterocycles. The Labute approximate surface area is 306 Å². The number of carbonyl (C=O) groups is 4. The zero-order valence-corrected chi connectivity index (χ0v) is 28.7. The summed E-state index contributed by atoms with van der Waals surface area (Å²) in [5.41, 5.74) is 5.49. The van der Waals surface area contributed by atoms with E-state index in [1.165, 1.54) is 6.26 Å². The molecular formula is C43H36O10. The van der Waals surface area contributed by atoms with Crippen molar-refractivity contribution in [3.8, 4) is 22.6 Å². The van der Waals surface area contributed by atoms with Gasteiger partial charge >= 0.3 is 23.9 Å². The van der Waals surface area contributed by atoms with E-state index in [-0.39, 0.29) is 25.6 Å². The van der Waals surface area contributed by atoms with E-state index in [0.717, 1.165) is 57.7 Å². The van der Waals surface area contributed by atoms with Crippen LogP contribution in [-0.4, -0.2) is 49.8 Å². The molecule has 0 amide bonds. The van der Waals surface area contributed by atoms with Crippen molar-refractivity contribution in [1.29, 1.82) is 0 Å². The molecule has 0 spiro atoms. The van der Waals surface area contributed by atoms with Crippen LogP contribution in [0.15, 0.2) is 160 Å². The lowest BCUT2D eigenvalue weighted by Gasteiger charge is -2.34. The predicted octanol–water partition coefficient (Wildman–Crippen LogP) is 6.93. The first-order chi connectivity index (χ1) is 25.7. The number of esters is 4. The summed E-state index contributed by atoms with van der Waals surface area (Å²) in [6, 6.07) is 31.6. The Balaban J connectivity index is 1.48. The van der Waals surface area contributed by atoms with Gasteiger partial charge in [0.1, 0.15) is 31.0 Å². The summed E-state index contributed by atoms with van der Waals surface area (Å²) in [7, 11) is 0.